The van der Waals surface area contributed by atoms with E-state index < -0.39 is 15.9 Å². The number of hydrogen-bond donors (Lipinski definition) is 1. The average Bonchev–Trinajstić information content (AvgIpc) is 3.23. The van der Waals surface area contributed by atoms with Crippen molar-refractivity contribution < 1.29 is 13.2 Å². The molecular formula is C23H22N4O4S2. The molecule has 0 saturated carbocycles. The van der Waals surface area contributed by atoms with Crippen LogP contribution in [0.4, 0.5) is 5.69 Å². The number of nitrogens with zero attached hydrogens (tertiary/aromatic N) is 3. The van der Waals surface area contributed by atoms with Crippen molar-refractivity contribution in [1.82, 2.24) is 13.9 Å². The van der Waals surface area contributed by atoms with Gasteiger partial charge in [0.05, 0.1) is 16.7 Å². The summed E-state index contributed by atoms with van der Waals surface area (Å²) in [5, 5.41) is 2.67. The van der Waals surface area contributed by atoms with Gasteiger partial charge in [0, 0.05) is 24.7 Å². The highest BCUT2D eigenvalue weighted by Gasteiger charge is 2.20. The Morgan fingerprint density at radius 2 is 1.85 bits per heavy atom. The highest BCUT2D eigenvalue weighted by atomic mass is 32.2. The second kappa shape index (κ2) is 8.89. The molecule has 0 atom stereocenters. The van der Waals surface area contributed by atoms with Gasteiger partial charge in [-0.25, -0.2) is 17.7 Å². The Hall–Kier alpha value is -3.34. The first kappa shape index (κ1) is 22.8. The minimum atomic E-state index is -3.66. The molecule has 170 valence electrons. The van der Waals surface area contributed by atoms with E-state index in [4.69, 9.17) is 0 Å². The molecule has 4 rings (SSSR count). The molecule has 33 heavy (non-hydrogen) atoms. The van der Waals surface area contributed by atoms with Gasteiger partial charge in [-0.05, 0) is 36.2 Å². The van der Waals surface area contributed by atoms with E-state index in [2.05, 4.69) is 10.3 Å². The lowest BCUT2D eigenvalue weighted by Gasteiger charge is -2.15. The highest BCUT2D eigenvalue weighted by Crippen LogP contribution is 2.30. The maximum atomic E-state index is 12.9. The fraction of sp³-hybridized carbons (Fsp3) is 0.174. The Morgan fingerprint density at radius 1 is 1.12 bits per heavy atom. The molecule has 4 aromatic rings. The number of aryl methyl sites for hydroxylation is 1. The van der Waals surface area contributed by atoms with E-state index in [0.717, 1.165) is 14.7 Å². The molecule has 0 aliphatic heterocycles. The SMILES string of the molecule is Cc1ccc(NC(=O)Cn2cnc3cc(-c4ccccc4)sc3c2=O)cc1S(=O)(=O)N(C)C. The van der Waals surface area contributed by atoms with Crippen molar-refractivity contribution in [3.8, 4) is 10.4 Å². The lowest BCUT2D eigenvalue weighted by molar-refractivity contribution is -0.116. The van der Waals surface area contributed by atoms with E-state index in [1.807, 2.05) is 36.4 Å². The summed E-state index contributed by atoms with van der Waals surface area (Å²) in [6, 6.07) is 16.2. The zero-order valence-electron chi connectivity index (χ0n) is 18.3. The van der Waals surface area contributed by atoms with Gasteiger partial charge in [0.2, 0.25) is 15.9 Å². The first-order valence-electron chi connectivity index (χ1n) is 10.0. The Morgan fingerprint density at radius 3 is 2.55 bits per heavy atom. The second-order valence-corrected chi connectivity index (χ2v) is 10.9. The van der Waals surface area contributed by atoms with Gasteiger partial charge in [-0.1, -0.05) is 36.4 Å². The minimum absolute atomic E-state index is 0.109. The number of anilines is 1. The third-order valence-corrected chi connectivity index (χ3v) is 8.22. The molecule has 1 N–H and O–H groups in total. The second-order valence-electron chi connectivity index (χ2n) is 7.68. The molecule has 2 aromatic carbocycles. The fourth-order valence-corrected chi connectivity index (χ4v) is 5.52. The third-order valence-electron chi connectivity index (χ3n) is 5.11. The van der Waals surface area contributed by atoms with Crippen LogP contribution in [-0.4, -0.2) is 42.3 Å². The molecule has 0 spiro atoms. The number of aromatic nitrogens is 2. The maximum absolute atomic E-state index is 12.9. The molecule has 2 heterocycles. The first-order chi connectivity index (χ1) is 15.7. The molecule has 1 amide bonds. The van der Waals surface area contributed by atoms with Gasteiger partial charge in [0.15, 0.2) is 0 Å². The van der Waals surface area contributed by atoms with Crippen LogP contribution in [0.3, 0.4) is 0 Å². The van der Waals surface area contributed by atoms with Gasteiger partial charge in [0.1, 0.15) is 11.2 Å². The van der Waals surface area contributed by atoms with Crippen LogP contribution >= 0.6 is 11.3 Å². The van der Waals surface area contributed by atoms with Crippen LogP contribution in [0.2, 0.25) is 0 Å². The monoisotopic (exact) mass is 482 g/mol. The number of thiophene rings is 1. The number of carbonyl (C=O) groups excluding carboxylic acids is 1. The minimum Gasteiger partial charge on any atom is -0.324 e. The maximum Gasteiger partial charge on any atom is 0.271 e. The summed E-state index contributed by atoms with van der Waals surface area (Å²) >= 11 is 1.33. The Bertz CT molecular complexity index is 1510. The number of nitrogens with one attached hydrogen (secondary N) is 1. The normalized spacial score (nSPS) is 11.8. The van der Waals surface area contributed by atoms with Crippen molar-refractivity contribution in [1.29, 1.82) is 0 Å². The summed E-state index contributed by atoms with van der Waals surface area (Å²) in [6.45, 7) is 1.44. The van der Waals surface area contributed by atoms with E-state index in [-0.39, 0.29) is 17.0 Å². The van der Waals surface area contributed by atoms with Crippen molar-refractivity contribution in [2.24, 2.45) is 0 Å². The fourth-order valence-electron chi connectivity index (χ4n) is 3.31. The Kier molecular flexibility index (Phi) is 6.15. The van der Waals surface area contributed by atoms with Gasteiger partial charge in [-0.3, -0.25) is 14.2 Å². The van der Waals surface area contributed by atoms with E-state index in [9.17, 15) is 18.0 Å². The predicted molar refractivity (Wildman–Crippen MR) is 130 cm³/mol. The average molecular weight is 483 g/mol. The van der Waals surface area contributed by atoms with E-state index in [0.29, 0.717) is 21.5 Å². The molecule has 8 nitrogen and oxygen atoms in total. The van der Waals surface area contributed by atoms with Crippen LogP contribution in [0.25, 0.3) is 20.7 Å². The molecule has 0 saturated heterocycles. The van der Waals surface area contributed by atoms with Crippen molar-refractivity contribution in [2.75, 3.05) is 19.4 Å². The summed E-state index contributed by atoms with van der Waals surface area (Å²) in [7, 11) is -0.763. The lowest BCUT2D eigenvalue weighted by Crippen LogP contribution is -2.27. The number of carbonyl (C=O) groups is 1. The van der Waals surface area contributed by atoms with E-state index in [1.165, 1.54) is 42.4 Å². The van der Waals surface area contributed by atoms with Gasteiger partial charge in [0.25, 0.3) is 5.56 Å². The van der Waals surface area contributed by atoms with Crippen LogP contribution in [-0.2, 0) is 21.4 Å². The van der Waals surface area contributed by atoms with Crippen LogP contribution in [0, 0.1) is 6.92 Å². The number of rotatable bonds is 6. The Labute approximate surface area is 195 Å². The summed E-state index contributed by atoms with van der Waals surface area (Å²) in [4.78, 5) is 30.9. The number of hydrogen-bond acceptors (Lipinski definition) is 6. The quantitative estimate of drug-likeness (QED) is 0.454. The highest BCUT2D eigenvalue weighted by molar-refractivity contribution is 7.89. The molecule has 0 radical (unpaired) electrons. The van der Waals surface area contributed by atoms with Crippen molar-refractivity contribution >= 4 is 43.2 Å². The van der Waals surface area contributed by atoms with E-state index in [1.54, 1.807) is 19.1 Å². The zero-order chi connectivity index (χ0) is 23.8. The molecular weight excluding hydrogens is 460 g/mol. The topological polar surface area (TPSA) is 101 Å². The van der Waals surface area contributed by atoms with Crippen LogP contribution in [0.15, 0.2) is 70.6 Å². The first-order valence-corrected chi connectivity index (χ1v) is 12.3. The standard InChI is InChI=1S/C23H22N4O4S2/c1-15-9-10-17(11-20(15)33(30,31)26(2)3)25-21(28)13-27-14-24-18-12-19(32-22(18)23(27)29)16-7-5-4-6-8-16/h4-12,14H,13H2,1-3H3,(H,25,28). The molecule has 0 fully saturated rings. The van der Waals surface area contributed by atoms with Crippen molar-refractivity contribution in [3.05, 3.63) is 76.8 Å². The van der Waals surface area contributed by atoms with Crippen LogP contribution in [0.5, 0.6) is 0 Å². The summed E-state index contributed by atoms with van der Waals surface area (Å²) in [5.74, 6) is -0.463. The smallest absolute Gasteiger partial charge is 0.271 e. The Balaban J connectivity index is 1.57. The van der Waals surface area contributed by atoms with Gasteiger partial charge in [-0.15, -0.1) is 11.3 Å². The summed E-state index contributed by atoms with van der Waals surface area (Å²) in [6.07, 6.45) is 1.35. The van der Waals surface area contributed by atoms with Gasteiger partial charge >= 0.3 is 0 Å². The molecule has 0 aliphatic rings. The van der Waals surface area contributed by atoms with Crippen molar-refractivity contribution in [3.63, 3.8) is 0 Å². The summed E-state index contributed by atoms with van der Waals surface area (Å²) < 4.78 is 27.9. The lowest BCUT2D eigenvalue weighted by atomic mass is 10.2. The molecule has 0 aliphatic carbocycles. The number of amides is 1. The molecule has 0 bridgehead atoms. The van der Waals surface area contributed by atoms with Gasteiger partial charge < -0.3 is 5.32 Å². The van der Waals surface area contributed by atoms with Crippen LogP contribution in [0.1, 0.15) is 5.56 Å². The summed E-state index contributed by atoms with van der Waals surface area (Å²) in [5.41, 5.74) is 2.17. The predicted octanol–water partition coefficient (Wildman–Crippen LogP) is 3.32. The molecule has 10 heteroatoms. The molecule has 2 aromatic heterocycles. The number of fused-ring (bicyclic) bond motifs is 1. The number of sulfonamides is 1. The molecule has 0 unspecified atom stereocenters. The number of benzene rings is 2. The van der Waals surface area contributed by atoms with Crippen LogP contribution < -0.4 is 10.9 Å². The van der Waals surface area contributed by atoms with E-state index >= 15 is 0 Å². The third kappa shape index (κ3) is 4.58. The largest absolute Gasteiger partial charge is 0.324 e. The zero-order valence-corrected chi connectivity index (χ0v) is 19.9. The van der Waals surface area contributed by atoms with Gasteiger partial charge in [-0.2, -0.15) is 0 Å². The van der Waals surface area contributed by atoms with Crippen molar-refractivity contribution in [2.45, 2.75) is 18.4 Å².